The SMILES string of the molecule is CCN1CCN(C[C@H](O)Cc2ccccc2)CC1. The van der Waals surface area contributed by atoms with E-state index in [2.05, 4.69) is 28.9 Å². The van der Waals surface area contributed by atoms with Crippen molar-refractivity contribution >= 4 is 0 Å². The van der Waals surface area contributed by atoms with Crippen LogP contribution >= 0.6 is 0 Å². The van der Waals surface area contributed by atoms with Crippen molar-refractivity contribution in [2.45, 2.75) is 19.4 Å². The number of aliphatic hydroxyl groups is 1. The van der Waals surface area contributed by atoms with E-state index in [-0.39, 0.29) is 6.10 Å². The van der Waals surface area contributed by atoms with Crippen LogP contribution in [0, 0.1) is 0 Å². The van der Waals surface area contributed by atoms with Gasteiger partial charge in [-0.2, -0.15) is 0 Å². The molecule has 0 radical (unpaired) electrons. The fourth-order valence-corrected chi connectivity index (χ4v) is 2.54. The van der Waals surface area contributed by atoms with Gasteiger partial charge in [-0.1, -0.05) is 37.3 Å². The molecule has 0 spiro atoms. The first-order valence-electron chi connectivity index (χ1n) is 6.94. The van der Waals surface area contributed by atoms with Crippen LogP contribution in [0.2, 0.25) is 0 Å². The summed E-state index contributed by atoms with van der Waals surface area (Å²) < 4.78 is 0. The molecule has 1 aliphatic heterocycles. The second kappa shape index (κ2) is 6.88. The molecule has 100 valence electrons. The summed E-state index contributed by atoms with van der Waals surface area (Å²) >= 11 is 0. The van der Waals surface area contributed by atoms with Gasteiger partial charge in [-0.15, -0.1) is 0 Å². The van der Waals surface area contributed by atoms with Gasteiger partial charge in [0.1, 0.15) is 0 Å². The summed E-state index contributed by atoms with van der Waals surface area (Å²) in [7, 11) is 0. The van der Waals surface area contributed by atoms with Gasteiger partial charge in [-0.05, 0) is 18.5 Å². The first-order valence-corrected chi connectivity index (χ1v) is 6.94. The molecule has 1 fully saturated rings. The van der Waals surface area contributed by atoms with Gasteiger partial charge in [0, 0.05) is 32.7 Å². The van der Waals surface area contributed by atoms with Gasteiger partial charge in [0.05, 0.1) is 6.10 Å². The molecule has 1 aromatic carbocycles. The third-order valence-corrected chi connectivity index (χ3v) is 3.70. The van der Waals surface area contributed by atoms with Crippen LogP contribution in [0.3, 0.4) is 0 Å². The number of β-amino-alcohol motifs (C(OH)–C–C–N with tert-alkyl or cyclic N) is 1. The van der Waals surface area contributed by atoms with Crippen LogP contribution in [0.15, 0.2) is 30.3 Å². The summed E-state index contributed by atoms with van der Waals surface area (Å²) in [6.45, 7) is 8.58. The summed E-state index contributed by atoms with van der Waals surface area (Å²) in [6, 6.07) is 10.2. The predicted molar refractivity (Wildman–Crippen MR) is 74.7 cm³/mol. The quantitative estimate of drug-likeness (QED) is 0.849. The maximum Gasteiger partial charge on any atom is 0.0707 e. The number of nitrogens with zero attached hydrogens (tertiary/aromatic N) is 2. The molecule has 1 aliphatic rings. The Morgan fingerprint density at radius 2 is 1.67 bits per heavy atom. The summed E-state index contributed by atoms with van der Waals surface area (Å²) in [6.07, 6.45) is 0.509. The van der Waals surface area contributed by atoms with Gasteiger partial charge in [-0.3, -0.25) is 4.90 Å². The Balaban J connectivity index is 1.73. The van der Waals surface area contributed by atoms with Crippen LogP contribution in [-0.4, -0.2) is 60.3 Å². The van der Waals surface area contributed by atoms with Gasteiger partial charge < -0.3 is 10.0 Å². The lowest BCUT2D eigenvalue weighted by Gasteiger charge is -2.35. The highest BCUT2D eigenvalue weighted by Gasteiger charge is 2.18. The van der Waals surface area contributed by atoms with Crippen molar-refractivity contribution in [1.82, 2.24) is 9.80 Å². The second-order valence-electron chi connectivity index (χ2n) is 5.08. The van der Waals surface area contributed by atoms with Crippen molar-refractivity contribution in [3.63, 3.8) is 0 Å². The van der Waals surface area contributed by atoms with Gasteiger partial charge in [-0.25, -0.2) is 0 Å². The minimum atomic E-state index is -0.249. The molecule has 3 heteroatoms. The van der Waals surface area contributed by atoms with E-state index in [0.29, 0.717) is 0 Å². The first kappa shape index (κ1) is 13.5. The molecule has 0 aliphatic carbocycles. The highest BCUT2D eigenvalue weighted by molar-refractivity contribution is 5.15. The van der Waals surface area contributed by atoms with E-state index in [1.807, 2.05) is 18.2 Å². The van der Waals surface area contributed by atoms with Crippen molar-refractivity contribution < 1.29 is 5.11 Å². The van der Waals surface area contributed by atoms with Crippen LogP contribution < -0.4 is 0 Å². The normalized spacial score (nSPS) is 19.9. The molecule has 2 rings (SSSR count). The van der Waals surface area contributed by atoms with Crippen molar-refractivity contribution in [3.05, 3.63) is 35.9 Å². The highest BCUT2D eigenvalue weighted by Crippen LogP contribution is 2.07. The molecule has 0 bridgehead atoms. The van der Waals surface area contributed by atoms with Crippen molar-refractivity contribution in [1.29, 1.82) is 0 Å². The van der Waals surface area contributed by atoms with Crippen LogP contribution in [0.25, 0.3) is 0 Å². The number of rotatable bonds is 5. The number of likely N-dealkylation sites (N-methyl/N-ethyl adjacent to an activating group) is 1. The molecule has 1 heterocycles. The van der Waals surface area contributed by atoms with Crippen LogP contribution in [-0.2, 0) is 6.42 Å². The van der Waals surface area contributed by atoms with Crippen LogP contribution in [0.1, 0.15) is 12.5 Å². The number of benzene rings is 1. The third kappa shape index (κ3) is 4.09. The monoisotopic (exact) mass is 248 g/mol. The van der Waals surface area contributed by atoms with E-state index in [1.54, 1.807) is 0 Å². The Kier molecular flexibility index (Phi) is 5.17. The summed E-state index contributed by atoms with van der Waals surface area (Å²) in [4.78, 5) is 4.83. The fourth-order valence-electron chi connectivity index (χ4n) is 2.54. The Morgan fingerprint density at radius 1 is 1.06 bits per heavy atom. The zero-order valence-electron chi connectivity index (χ0n) is 11.3. The number of piperazine rings is 1. The van der Waals surface area contributed by atoms with Crippen molar-refractivity contribution in [2.24, 2.45) is 0 Å². The summed E-state index contributed by atoms with van der Waals surface area (Å²) in [5, 5.41) is 10.1. The summed E-state index contributed by atoms with van der Waals surface area (Å²) in [5.41, 5.74) is 1.22. The first-order chi connectivity index (χ1) is 8.78. The molecular weight excluding hydrogens is 224 g/mol. The Morgan fingerprint density at radius 3 is 2.28 bits per heavy atom. The lowest BCUT2D eigenvalue weighted by Crippen LogP contribution is -2.48. The molecule has 0 aromatic heterocycles. The Labute approximate surface area is 110 Å². The molecular formula is C15H24N2O. The van der Waals surface area contributed by atoms with Crippen molar-refractivity contribution in [2.75, 3.05) is 39.3 Å². The number of aliphatic hydroxyl groups excluding tert-OH is 1. The third-order valence-electron chi connectivity index (χ3n) is 3.70. The molecule has 1 aromatic rings. The molecule has 0 unspecified atom stereocenters. The van der Waals surface area contributed by atoms with Gasteiger partial charge in [0.25, 0.3) is 0 Å². The molecule has 1 saturated heterocycles. The van der Waals surface area contributed by atoms with Crippen molar-refractivity contribution in [3.8, 4) is 0 Å². The van der Waals surface area contributed by atoms with Gasteiger partial charge in [0.2, 0.25) is 0 Å². The zero-order chi connectivity index (χ0) is 12.8. The fraction of sp³-hybridized carbons (Fsp3) is 0.600. The van der Waals surface area contributed by atoms with Crippen LogP contribution in [0.5, 0.6) is 0 Å². The molecule has 18 heavy (non-hydrogen) atoms. The molecule has 3 nitrogen and oxygen atoms in total. The lowest BCUT2D eigenvalue weighted by molar-refractivity contribution is 0.0747. The predicted octanol–water partition coefficient (Wildman–Crippen LogP) is 1.23. The zero-order valence-corrected chi connectivity index (χ0v) is 11.3. The molecule has 0 amide bonds. The topological polar surface area (TPSA) is 26.7 Å². The van der Waals surface area contributed by atoms with E-state index in [9.17, 15) is 5.11 Å². The number of hydrogen-bond acceptors (Lipinski definition) is 3. The van der Waals surface area contributed by atoms with E-state index >= 15 is 0 Å². The smallest absolute Gasteiger partial charge is 0.0707 e. The molecule has 1 N–H and O–H groups in total. The Bertz CT molecular complexity index is 334. The average molecular weight is 248 g/mol. The maximum atomic E-state index is 10.1. The summed E-state index contributed by atoms with van der Waals surface area (Å²) in [5.74, 6) is 0. The minimum absolute atomic E-state index is 0.249. The standard InChI is InChI=1S/C15H24N2O/c1-2-16-8-10-17(11-9-16)13-15(18)12-14-6-4-3-5-7-14/h3-7,15,18H,2,8-13H2,1H3/t15-/m1/s1. The Hall–Kier alpha value is -0.900. The van der Waals surface area contributed by atoms with Gasteiger partial charge in [0.15, 0.2) is 0 Å². The minimum Gasteiger partial charge on any atom is -0.391 e. The van der Waals surface area contributed by atoms with E-state index in [4.69, 9.17) is 0 Å². The average Bonchev–Trinajstić information content (AvgIpc) is 2.40. The largest absolute Gasteiger partial charge is 0.391 e. The highest BCUT2D eigenvalue weighted by atomic mass is 16.3. The number of hydrogen-bond donors (Lipinski definition) is 1. The van der Waals surface area contributed by atoms with E-state index < -0.39 is 0 Å². The van der Waals surface area contributed by atoms with Crippen LogP contribution in [0.4, 0.5) is 0 Å². The van der Waals surface area contributed by atoms with E-state index in [0.717, 1.165) is 45.7 Å². The van der Waals surface area contributed by atoms with Gasteiger partial charge >= 0.3 is 0 Å². The molecule has 0 saturated carbocycles. The van der Waals surface area contributed by atoms with E-state index in [1.165, 1.54) is 5.56 Å². The molecule has 1 atom stereocenters. The lowest BCUT2D eigenvalue weighted by atomic mass is 10.1. The second-order valence-corrected chi connectivity index (χ2v) is 5.08. The maximum absolute atomic E-state index is 10.1.